The van der Waals surface area contributed by atoms with Gasteiger partial charge in [-0.05, 0) is 91.5 Å². The van der Waals surface area contributed by atoms with Crippen molar-refractivity contribution in [3.8, 4) is 11.5 Å². The molecule has 0 aromatic heterocycles. The lowest BCUT2D eigenvalue weighted by Crippen LogP contribution is -2.48. The number of aliphatic hydroxyl groups is 1. The van der Waals surface area contributed by atoms with Gasteiger partial charge in [-0.3, -0.25) is 0 Å². The second kappa shape index (κ2) is 7.49. The molecule has 3 saturated carbocycles. The zero-order chi connectivity index (χ0) is 20.0. The fourth-order valence-electron chi connectivity index (χ4n) is 5.53. The minimum absolute atomic E-state index is 0.137. The van der Waals surface area contributed by atoms with Crippen molar-refractivity contribution in [3.63, 3.8) is 0 Å². The Bertz CT molecular complexity index is 926. The van der Waals surface area contributed by atoms with Gasteiger partial charge in [0.15, 0.2) is 0 Å². The van der Waals surface area contributed by atoms with Gasteiger partial charge in [0, 0.05) is 11.5 Å². The molecule has 29 heavy (non-hydrogen) atoms. The van der Waals surface area contributed by atoms with E-state index in [9.17, 15) is 9.50 Å². The summed E-state index contributed by atoms with van der Waals surface area (Å²) in [5.41, 5.74) is 3.07. The molecule has 2 aromatic carbocycles. The molecular formula is C25H27FO3. The van der Waals surface area contributed by atoms with Crippen LogP contribution in [0.4, 0.5) is 4.39 Å². The Kier molecular flexibility index (Phi) is 4.83. The van der Waals surface area contributed by atoms with Gasteiger partial charge in [0.2, 0.25) is 0 Å². The molecule has 0 saturated heterocycles. The second-order valence-corrected chi connectivity index (χ2v) is 8.57. The highest BCUT2D eigenvalue weighted by molar-refractivity contribution is 5.73. The van der Waals surface area contributed by atoms with Crippen molar-refractivity contribution in [1.82, 2.24) is 0 Å². The van der Waals surface area contributed by atoms with Crippen molar-refractivity contribution in [2.24, 2.45) is 17.8 Å². The number of benzene rings is 2. The Morgan fingerprint density at radius 2 is 1.69 bits per heavy atom. The normalized spacial score (nSPS) is 28.3. The van der Waals surface area contributed by atoms with Gasteiger partial charge in [0.1, 0.15) is 23.1 Å². The molecule has 1 heterocycles. The molecular weight excluding hydrogens is 367 g/mol. The van der Waals surface area contributed by atoms with Gasteiger partial charge in [0.05, 0.1) is 12.7 Å². The first-order valence-electron chi connectivity index (χ1n) is 10.7. The first-order valence-corrected chi connectivity index (χ1v) is 10.7. The molecule has 2 aromatic rings. The van der Waals surface area contributed by atoms with E-state index in [1.807, 2.05) is 18.2 Å². The molecule has 2 atom stereocenters. The summed E-state index contributed by atoms with van der Waals surface area (Å²) in [5, 5.41) is 11.3. The first-order chi connectivity index (χ1) is 14.1. The van der Waals surface area contributed by atoms with Crippen molar-refractivity contribution in [2.45, 2.75) is 45.1 Å². The molecule has 1 N–H and O–H groups in total. The SMILES string of the molecule is CCc1ccc(Oc2ccc(F)cc2)cc1C1=C(O)C2C3CCC(CC3)C2OC1. The van der Waals surface area contributed by atoms with Crippen LogP contribution in [-0.2, 0) is 11.2 Å². The average molecular weight is 394 g/mol. The number of aliphatic hydroxyl groups excluding tert-OH is 1. The van der Waals surface area contributed by atoms with Crippen LogP contribution in [0.3, 0.4) is 0 Å². The van der Waals surface area contributed by atoms with Gasteiger partial charge in [-0.2, -0.15) is 0 Å². The smallest absolute Gasteiger partial charge is 0.128 e. The van der Waals surface area contributed by atoms with Gasteiger partial charge < -0.3 is 14.6 Å². The quantitative estimate of drug-likeness (QED) is 0.663. The third-order valence-corrected chi connectivity index (χ3v) is 7.02. The van der Waals surface area contributed by atoms with Crippen LogP contribution in [0, 0.1) is 23.6 Å². The van der Waals surface area contributed by atoms with Crippen LogP contribution in [0.15, 0.2) is 48.2 Å². The largest absolute Gasteiger partial charge is 0.512 e. The van der Waals surface area contributed by atoms with E-state index in [1.165, 1.54) is 43.4 Å². The maximum absolute atomic E-state index is 13.2. The molecule has 0 amide bonds. The van der Waals surface area contributed by atoms with Crippen molar-refractivity contribution < 1.29 is 19.0 Å². The summed E-state index contributed by atoms with van der Waals surface area (Å²) in [6.45, 7) is 2.56. The van der Waals surface area contributed by atoms with E-state index >= 15 is 0 Å². The third kappa shape index (κ3) is 3.33. The molecule has 3 nitrogen and oxygen atoms in total. The molecule has 2 unspecified atom stereocenters. The Hall–Kier alpha value is -2.33. The molecule has 1 aliphatic heterocycles. The Balaban J connectivity index is 1.50. The van der Waals surface area contributed by atoms with Crippen LogP contribution in [0.25, 0.3) is 5.57 Å². The summed E-state index contributed by atoms with van der Waals surface area (Å²) in [7, 11) is 0. The van der Waals surface area contributed by atoms with Gasteiger partial charge in [-0.25, -0.2) is 4.39 Å². The van der Waals surface area contributed by atoms with Crippen molar-refractivity contribution in [3.05, 3.63) is 65.2 Å². The number of aryl methyl sites for hydroxylation is 1. The van der Waals surface area contributed by atoms with Gasteiger partial charge >= 0.3 is 0 Å². The topological polar surface area (TPSA) is 38.7 Å². The maximum atomic E-state index is 13.2. The number of fused-ring (bicyclic) bond motifs is 2. The number of ether oxygens (including phenoxy) is 2. The number of hydrogen-bond donors (Lipinski definition) is 1. The van der Waals surface area contributed by atoms with Crippen LogP contribution in [0.1, 0.15) is 43.7 Å². The van der Waals surface area contributed by atoms with Gasteiger partial charge in [-0.15, -0.1) is 0 Å². The fourth-order valence-corrected chi connectivity index (χ4v) is 5.53. The Labute approximate surface area is 171 Å². The fraction of sp³-hybridized carbons (Fsp3) is 0.440. The van der Waals surface area contributed by atoms with E-state index in [0.717, 1.165) is 17.6 Å². The Morgan fingerprint density at radius 1 is 1.00 bits per heavy atom. The van der Waals surface area contributed by atoms with Crippen LogP contribution in [0.2, 0.25) is 0 Å². The number of rotatable bonds is 4. The summed E-state index contributed by atoms with van der Waals surface area (Å²) in [4.78, 5) is 0. The van der Waals surface area contributed by atoms with E-state index in [4.69, 9.17) is 9.47 Å². The molecule has 0 spiro atoms. The predicted octanol–water partition coefficient (Wildman–Crippen LogP) is 6.28. The Morgan fingerprint density at radius 3 is 2.41 bits per heavy atom. The lowest BCUT2D eigenvalue weighted by atomic mass is 9.61. The molecule has 152 valence electrons. The molecule has 3 fully saturated rings. The van der Waals surface area contributed by atoms with E-state index in [1.54, 1.807) is 12.1 Å². The van der Waals surface area contributed by atoms with Crippen LogP contribution in [-0.4, -0.2) is 17.8 Å². The summed E-state index contributed by atoms with van der Waals surface area (Å²) in [5.74, 6) is 2.77. The third-order valence-electron chi connectivity index (χ3n) is 7.02. The van der Waals surface area contributed by atoms with Crippen molar-refractivity contribution >= 4 is 5.57 Å². The van der Waals surface area contributed by atoms with Crippen molar-refractivity contribution in [1.29, 1.82) is 0 Å². The lowest BCUT2D eigenvalue weighted by Gasteiger charge is -2.50. The number of hydrogen-bond acceptors (Lipinski definition) is 3. The molecule has 4 aliphatic rings. The molecule has 3 aliphatic carbocycles. The highest BCUT2D eigenvalue weighted by Crippen LogP contribution is 2.52. The summed E-state index contributed by atoms with van der Waals surface area (Å²) in [6.07, 6.45) is 5.89. The summed E-state index contributed by atoms with van der Waals surface area (Å²) in [6, 6.07) is 12.0. The minimum atomic E-state index is -0.287. The van der Waals surface area contributed by atoms with Crippen molar-refractivity contribution in [2.75, 3.05) is 6.61 Å². The standard InChI is InChI=1S/C25H27FO3/c1-2-15-7-10-20(29-19-11-8-18(26)9-12-19)13-21(15)22-14-28-25-17-5-3-16(4-6-17)23(25)24(22)27/h7-13,16-17,23,25,27H,2-6,14H2,1H3. The average Bonchev–Trinajstić information content (AvgIpc) is 2.76. The van der Waals surface area contributed by atoms with E-state index in [2.05, 4.69) is 6.92 Å². The van der Waals surface area contributed by atoms with E-state index in [0.29, 0.717) is 35.7 Å². The summed E-state index contributed by atoms with van der Waals surface area (Å²) < 4.78 is 25.4. The monoisotopic (exact) mass is 394 g/mol. The summed E-state index contributed by atoms with van der Waals surface area (Å²) >= 11 is 0. The second-order valence-electron chi connectivity index (χ2n) is 8.57. The minimum Gasteiger partial charge on any atom is -0.512 e. The number of halogens is 1. The van der Waals surface area contributed by atoms with Gasteiger partial charge in [0.25, 0.3) is 0 Å². The molecule has 6 rings (SSSR count). The van der Waals surface area contributed by atoms with E-state index < -0.39 is 0 Å². The zero-order valence-electron chi connectivity index (χ0n) is 16.7. The molecule has 0 radical (unpaired) electrons. The maximum Gasteiger partial charge on any atom is 0.128 e. The lowest BCUT2D eigenvalue weighted by molar-refractivity contribution is -0.0972. The van der Waals surface area contributed by atoms with Gasteiger partial charge in [-0.1, -0.05) is 13.0 Å². The highest BCUT2D eigenvalue weighted by atomic mass is 19.1. The highest BCUT2D eigenvalue weighted by Gasteiger charge is 2.48. The first kappa shape index (κ1) is 18.7. The van der Waals surface area contributed by atoms with Crippen LogP contribution in [0.5, 0.6) is 11.5 Å². The zero-order valence-corrected chi connectivity index (χ0v) is 16.7. The predicted molar refractivity (Wildman–Crippen MR) is 111 cm³/mol. The van der Waals surface area contributed by atoms with Crippen LogP contribution < -0.4 is 4.74 Å². The van der Waals surface area contributed by atoms with E-state index in [-0.39, 0.29) is 17.8 Å². The van der Waals surface area contributed by atoms with Crippen LogP contribution >= 0.6 is 0 Å². The molecule has 4 heteroatoms. The molecule has 2 bridgehead atoms.